The predicted molar refractivity (Wildman–Crippen MR) is 111 cm³/mol. The Bertz CT molecular complexity index is 821. The van der Waals surface area contributed by atoms with E-state index < -0.39 is 11.3 Å². The SMILES string of the molecule is Cc1ccc(C(C(=O)C(C)(C)C)c2ccccc2C(=O)NC(C)(C)C)cc1. The lowest BCUT2D eigenvalue weighted by molar-refractivity contribution is -0.126. The van der Waals surface area contributed by atoms with E-state index in [0.717, 1.165) is 16.7 Å². The van der Waals surface area contributed by atoms with Crippen molar-refractivity contribution in [2.45, 2.75) is 59.9 Å². The molecule has 0 aliphatic heterocycles. The number of Topliss-reactive ketones (excluding diaryl/α,β-unsaturated/α-hetero) is 1. The van der Waals surface area contributed by atoms with Crippen LogP contribution in [0.4, 0.5) is 0 Å². The van der Waals surface area contributed by atoms with Crippen LogP contribution in [0.1, 0.15) is 74.5 Å². The average molecular weight is 366 g/mol. The van der Waals surface area contributed by atoms with Crippen LogP contribution in [0.2, 0.25) is 0 Å². The Morgan fingerprint density at radius 3 is 1.93 bits per heavy atom. The Kier molecular flexibility index (Phi) is 5.94. The fourth-order valence-electron chi connectivity index (χ4n) is 3.03. The van der Waals surface area contributed by atoms with Crippen molar-refractivity contribution >= 4 is 11.7 Å². The smallest absolute Gasteiger partial charge is 0.251 e. The molecule has 3 nitrogen and oxygen atoms in total. The summed E-state index contributed by atoms with van der Waals surface area (Å²) in [7, 11) is 0. The third-order valence-electron chi connectivity index (χ3n) is 4.42. The van der Waals surface area contributed by atoms with Crippen molar-refractivity contribution in [1.82, 2.24) is 5.32 Å². The largest absolute Gasteiger partial charge is 0.347 e. The van der Waals surface area contributed by atoms with Crippen LogP contribution in [-0.2, 0) is 4.79 Å². The van der Waals surface area contributed by atoms with Gasteiger partial charge in [0, 0.05) is 16.5 Å². The topological polar surface area (TPSA) is 46.2 Å². The molecule has 0 aliphatic rings. The summed E-state index contributed by atoms with van der Waals surface area (Å²) in [5.41, 5.74) is 2.48. The highest BCUT2D eigenvalue weighted by Crippen LogP contribution is 2.35. The number of amides is 1. The van der Waals surface area contributed by atoms with Gasteiger partial charge in [-0.25, -0.2) is 0 Å². The van der Waals surface area contributed by atoms with Crippen LogP contribution in [0, 0.1) is 12.3 Å². The maximum absolute atomic E-state index is 13.4. The van der Waals surface area contributed by atoms with Gasteiger partial charge in [0.2, 0.25) is 0 Å². The van der Waals surface area contributed by atoms with E-state index in [9.17, 15) is 9.59 Å². The summed E-state index contributed by atoms with van der Waals surface area (Å²) >= 11 is 0. The van der Waals surface area contributed by atoms with Crippen molar-refractivity contribution in [3.63, 3.8) is 0 Å². The highest BCUT2D eigenvalue weighted by Gasteiger charge is 2.34. The molecule has 144 valence electrons. The van der Waals surface area contributed by atoms with Crippen molar-refractivity contribution < 1.29 is 9.59 Å². The summed E-state index contributed by atoms with van der Waals surface area (Å²) < 4.78 is 0. The Morgan fingerprint density at radius 1 is 0.852 bits per heavy atom. The van der Waals surface area contributed by atoms with Gasteiger partial charge in [-0.1, -0.05) is 68.8 Å². The summed E-state index contributed by atoms with van der Waals surface area (Å²) in [5.74, 6) is -0.535. The normalized spacial score (nSPS) is 13.1. The number of ketones is 1. The molecule has 1 unspecified atom stereocenters. The second kappa shape index (κ2) is 7.67. The molecule has 2 aromatic carbocycles. The van der Waals surface area contributed by atoms with Crippen molar-refractivity contribution in [3.8, 4) is 0 Å². The van der Waals surface area contributed by atoms with E-state index in [2.05, 4.69) is 5.32 Å². The zero-order valence-electron chi connectivity index (χ0n) is 17.5. The number of rotatable bonds is 4. The van der Waals surface area contributed by atoms with Crippen molar-refractivity contribution in [2.75, 3.05) is 0 Å². The van der Waals surface area contributed by atoms with Crippen molar-refractivity contribution in [2.24, 2.45) is 5.41 Å². The van der Waals surface area contributed by atoms with E-state index in [-0.39, 0.29) is 17.2 Å². The summed E-state index contributed by atoms with van der Waals surface area (Å²) in [6.07, 6.45) is 0. The van der Waals surface area contributed by atoms with Gasteiger partial charge in [-0.15, -0.1) is 0 Å². The monoisotopic (exact) mass is 365 g/mol. The van der Waals surface area contributed by atoms with Crippen LogP contribution >= 0.6 is 0 Å². The maximum Gasteiger partial charge on any atom is 0.251 e. The molecule has 1 amide bonds. The highest BCUT2D eigenvalue weighted by atomic mass is 16.2. The molecule has 0 saturated heterocycles. The number of hydrogen-bond donors (Lipinski definition) is 1. The van der Waals surface area contributed by atoms with Crippen LogP contribution < -0.4 is 5.32 Å². The minimum atomic E-state index is -0.525. The average Bonchev–Trinajstić information content (AvgIpc) is 2.55. The maximum atomic E-state index is 13.4. The minimum absolute atomic E-state index is 0.0994. The molecule has 0 fully saturated rings. The first-order chi connectivity index (χ1) is 12.4. The Hall–Kier alpha value is -2.42. The number of hydrogen-bond acceptors (Lipinski definition) is 2. The lowest BCUT2D eigenvalue weighted by atomic mass is 9.75. The molecule has 0 aliphatic carbocycles. The number of benzene rings is 2. The second-order valence-corrected chi connectivity index (χ2v) is 9.25. The molecular weight excluding hydrogens is 334 g/mol. The fraction of sp³-hybridized carbons (Fsp3) is 0.417. The molecule has 1 atom stereocenters. The lowest BCUT2D eigenvalue weighted by Gasteiger charge is -2.28. The van der Waals surface area contributed by atoms with Gasteiger partial charge in [-0.3, -0.25) is 9.59 Å². The number of aryl methyl sites for hydroxylation is 1. The third kappa shape index (κ3) is 5.29. The van der Waals surface area contributed by atoms with Gasteiger partial charge in [0.25, 0.3) is 5.91 Å². The first-order valence-electron chi connectivity index (χ1n) is 9.42. The fourth-order valence-corrected chi connectivity index (χ4v) is 3.03. The minimum Gasteiger partial charge on any atom is -0.347 e. The standard InChI is InChI=1S/C24H31NO2/c1-16-12-14-17(15-13-16)20(21(26)23(2,3)4)18-10-8-9-11-19(18)22(27)25-24(5,6)7/h8-15,20H,1-7H3,(H,25,27). The van der Waals surface area contributed by atoms with Crippen molar-refractivity contribution in [3.05, 3.63) is 70.8 Å². The van der Waals surface area contributed by atoms with Crippen LogP contribution in [0.5, 0.6) is 0 Å². The Labute approximate surface area is 163 Å². The zero-order valence-corrected chi connectivity index (χ0v) is 17.5. The van der Waals surface area contributed by atoms with Gasteiger partial charge in [0.05, 0.1) is 5.92 Å². The number of nitrogens with one attached hydrogen (secondary N) is 1. The van der Waals surface area contributed by atoms with Gasteiger partial charge < -0.3 is 5.32 Å². The highest BCUT2D eigenvalue weighted by molar-refractivity contribution is 6.00. The van der Waals surface area contributed by atoms with E-state index in [1.165, 1.54) is 0 Å². The number of carbonyl (C=O) groups excluding carboxylic acids is 2. The summed E-state index contributed by atoms with van der Waals surface area (Å²) in [5, 5.41) is 3.02. The molecular formula is C24H31NO2. The van der Waals surface area contributed by atoms with E-state index in [0.29, 0.717) is 5.56 Å². The molecule has 1 N–H and O–H groups in total. The van der Waals surface area contributed by atoms with Crippen molar-refractivity contribution in [1.29, 1.82) is 0 Å². The second-order valence-electron chi connectivity index (χ2n) is 9.25. The molecule has 0 aromatic heterocycles. The Morgan fingerprint density at radius 2 is 1.41 bits per heavy atom. The number of carbonyl (C=O) groups is 2. The van der Waals surface area contributed by atoms with Gasteiger partial charge in [-0.05, 0) is 44.9 Å². The van der Waals surface area contributed by atoms with Crippen LogP contribution in [0.25, 0.3) is 0 Å². The molecule has 0 heterocycles. The van der Waals surface area contributed by atoms with Crippen LogP contribution in [0.3, 0.4) is 0 Å². The van der Waals surface area contributed by atoms with Gasteiger partial charge in [0.15, 0.2) is 0 Å². The summed E-state index contributed by atoms with van der Waals surface area (Å²) in [4.78, 5) is 26.3. The van der Waals surface area contributed by atoms with Gasteiger partial charge >= 0.3 is 0 Å². The molecule has 3 heteroatoms. The summed E-state index contributed by atoms with van der Waals surface area (Å²) in [6.45, 7) is 13.6. The molecule has 0 saturated carbocycles. The first-order valence-corrected chi connectivity index (χ1v) is 9.42. The predicted octanol–water partition coefficient (Wildman–Crippen LogP) is 5.27. The molecule has 27 heavy (non-hydrogen) atoms. The first kappa shape index (κ1) is 20.9. The zero-order chi connectivity index (χ0) is 20.4. The molecule has 0 spiro atoms. The third-order valence-corrected chi connectivity index (χ3v) is 4.42. The van der Waals surface area contributed by atoms with Crippen LogP contribution in [-0.4, -0.2) is 17.2 Å². The van der Waals surface area contributed by atoms with E-state index >= 15 is 0 Å². The van der Waals surface area contributed by atoms with Crippen LogP contribution in [0.15, 0.2) is 48.5 Å². The molecule has 2 aromatic rings. The lowest BCUT2D eigenvalue weighted by Crippen LogP contribution is -2.41. The summed E-state index contributed by atoms with van der Waals surface area (Å²) in [6, 6.07) is 15.4. The van der Waals surface area contributed by atoms with Gasteiger partial charge in [-0.2, -0.15) is 0 Å². The van der Waals surface area contributed by atoms with Gasteiger partial charge in [0.1, 0.15) is 5.78 Å². The van der Waals surface area contributed by atoms with E-state index in [1.54, 1.807) is 6.07 Å². The van der Waals surface area contributed by atoms with E-state index in [4.69, 9.17) is 0 Å². The Balaban J connectivity index is 2.62. The molecule has 0 radical (unpaired) electrons. The quantitative estimate of drug-likeness (QED) is 0.802. The van der Waals surface area contributed by atoms with E-state index in [1.807, 2.05) is 90.9 Å². The molecule has 2 rings (SSSR count). The molecule has 0 bridgehead atoms.